The van der Waals surface area contributed by atoms with Gasteiger partial charge in [-0.05, 0) is 38.1 Å². The van der Waals surface area contributed by atoms with Crippen LogP contribution >= 0.6 is 15.9 Å². The van der Waals surface area contributed by atoms with E-state index < -0.39 is 0 Å². The molecule has 1 atom stereocenters. The van der Waals surface area contributed by atoms with Gasteiger partial charge in [0.05, 0.1) is 0 Å². The quantitative estimate of drug-likeness (QED) is 0.803. The van der Waals surface area contributed by atoms with Gasteiger partial charge in [-0.1, -0.05) is 22.0 Å². The molecule has 82 valence electrons. The van der Waals surface area contributed by atoms with Crippen LogP contribution in [0.15, 0.2) is 35.3 Å². The first-order chi connectivity index (χ1) is 7.19. The molecule has 0 bridgehead atoms. The number of nitrogens with one attached hydrogen (secondary N) is 1. The van der Waals surface area contributed by atoms with Gasteiger partial charge < -0.3 is 5.32 Å². The zero-order valence-electron chi connectivity index (χ0n) is 8.76. The third-order valence-electron chi connectivity index (χ3n) is 2.34. The van der Waals surface area contributed by atoms with Gasteiger partial charge in [0.25, 0.3) is 0 Å². The Kier molecular flexibility index (Phi) is 4.99. The molecule has 0 aliphatic rings. The Hall–Kier alpha value is -0.670. The Labute approximate surface area is 98.5 Å². The highest BCUT2D eigenvalue weighted by Crippen LogP contribution is 2.24. The molecule has 1 unspecified atom stereocenters. The maximum atomic E-state index is 13.5. The van der Waals surface area contributed by atoms with E-state index in [4.69, 9.17) is 0 Å². The van der Waals surface area contributed by atoms with Crippen molar-refractivity contribution >= 4 is 15.9 Å². The van der Waals surface area contributed by atoms with Crippen LogP contribution in [0.3, 0.4) is 0 Å². The van der Waals surface area contributed by atoms with Crippen molar-refractivity contribution in [1.29, 1.82) is 0 Å². The molecule has 0 aromatic heterocycles. The van der Waals surface area contributed by atoms with E-state index in [1.54, 1.807) is 6.07 Å². The number of benzene rings is 1. The van der Waals surface area contributed by atoms with Gasteiger partial charge in [0, 0.05) is 16.1 Å². The molecule has 0 fully saturated rings. The van der Waals surface area contributed by atoms with E-state index >= 15 is 0 Å². The Balaban J connectivity index is 2.89. The molecule has 15 heavy (non-hydrogen) atoms. The molecule has 0 heterocycles. The summed E-state index contributed by atoms with van der Waals surface area (Å²) in [4.78, 5) is 0. The summed E-state index contributed by atoms with van der Waals surface area (Å²) in [7, 11) is 1.84. The van der Waals surface area contributed by atoms with Crippen molar-refractivity contribution in [3.8, 4) is 0 Å². The van der Waals surface area contributed by atoms with Crippen LogP contribution in [0.1, 0.15) is 24.4 Å². The lowest BCUT2D eigenvalue weighted by Gasteiger charge is -2.16. The summed E-state index contributed by atoms with van der Waals surface area (Å²) >= 11 is 3.35. The summed E-state index contributed by atoms with van der Waals surface area (Å²) in [5.41, 5.74) is 0.703. The van der Waals surface area contributed by atoms with E-state index in [1.807, 2.05) is 19.2 Å². The fraction of sp³-hybridized carbons (Fsp3) is 0.333. The van der Waals surface area contributed by atoms with Crippen LogP contribution in [0.2, 0.25) is 0 Å². The lowest BCUT2D eigenvalue weighted by Crippen LogP contribution is -2.17. The summed E-state index contributed by atoms with van der Waals surface area (Å²) in [5.74, 6) is -0.165. The number of allylic oxidation sites excluding steroid dienone is 1. The molecule has 0 aliphatic carbocycles. The molecule has 0 radical (unpaired) electrons. The molecule has 1 N–H and O–H groups in total. The smallest absolute Gasteiger partial charge is 0.128 e. The molecular weight excluding hydrogens is 257 g/mol. The van der Waals surface area contributed by atoms with Crippen molar-refractivity contribution in [1.82, 2.24) is 5.32 Å². The fourth-order valence-electron chi connectivity index (χ4n) is 1.52. The third-order valence-corrected chi connectivity index (χ3v) is 2.83. The van der Waals surface area contributed by atoms with Crippen LogP contribution in [-0.4, -0.2) is 7.05 Å². The first-order valence-electron chi connectivity index (χ1n) is 4.92. The van der Waals surface area contributed by atoms with Gasteiger partial charge in [-0.2, -0.15) is 0 Å². The average molecular weight is 272 g/mol. The van der Waals surface area contributed by atoms with Gasteiger partial charge in [-0.15, -0.1) is 6.58 Å². The molecular formula is C12H15BrFN. The third kappa shape index (κ3) is 3.43. The van der Waals surface area contributed by atoms with E-state index in [2.05, 4.69) is 27.8 Å². The summed E-state index contributed by atoms with van der Waals surface area (Å²) < 4.78 is 14.4. The maximum absolute atomic E-state index is 13.5. The minimum atomic E-state index is -0.165. The number of halogens is 2. The largest absolute Gasteiger partial charge is 0.313 e. The number of hydrogen-bond acceptors (Lipinski definition) is 1. The van der Waals surface area contributed by atoms with Crippen molar-refractivity contribution < 1.29 is 4.39 Å². The molecule has 3 heteroatoms. The molecule has 0 spiro atoms. The molecule has 0 aliphatic heterocycles. The Morgan fingerprint density at radius 1 is 1.60 bits per heavy atom. The minimum Gasteiger partial charge on any atom is -0.313 e. The van der Waals surface area contributed by atoms with Crippen molar-refractivity contribution in [2.45, 2.75) is 18.9 Å². The van der Waals surface area contributed by atoms with E-state index in [1.165, 1.54) is 6.07 Å². The molecule has 0 amide bonds. The van der Waals surface area contributed by atoms with Crippen LogP contribution < -0.4 is 5.32 Å². The van der Waals surface area contributed by atoms with Crippen LogP contribution in [-0.2, 0) is 0 Å². The summed E-state index contributed by atoms with van der Waals surface area (Å²) in [6.45, 7) is 3.67. The number of rotatable bonds is 5. The molecule has 0 saturated heterocycles. The van der Waals surface area contributed by atoms with Gasteiger partial charge >= 0.3 is 0 Å². The maximum Gasteiger partial charge on any atom is 0.128 e. The van der Waals surface area contributed by atoms with Gasteiger partial charge in [0.15, 0.2) is 0 Å². The average Bonchev–Trinajstić information content (AvgIpc) is 2.24. The first kappa shape index (κ1) is 12.4. The summed E-state index contributed by atoms with van der Waals surface area (Å²) in [5, 5.41) is 3.11. The standard InChI is InChI=1S/C12H15BrFN/c1-3-4-5-12(15-2)10-8-9(13)6-7-11(10)14/h3,6-8,12,15H,1,4-5H2,2H3. The first-order valence-corrected chi connectivity index (χ1v) is 5.71. The van der Waals surface area contributed by atoms with Gasteiger partial charge in [-0.25, -0.2) is 4.39 Å². The van der Waals surface area contributed by atoms with Crippen molar-refractivity contribution in [2.75, 3.05) is 7.05 Å². The predicted octanol–water partition coefficient (Wildman–Crippen LogP) is 3.81. The molecule has 1 nitrogen and oxygen atoms in total. The van der Waals surface area contributed by atoms with Crippen LogP contribution in [0.5, 0.6) is 0 Å². The lowest BCUT2D eigenvalue weighted by atomic mass is 10.0. The van der Waals surface area contributed by atoms with Gasteiger partial charge in [0.1, 0.15) is 5.82 Å². The summed E-state index contributed by atoms with van der Waals surface area (Å²) in [6, 6.07) is 5.05. The SMILES string of the molecule is C=CCCC(NC)c1cc(Br)ccc1F. The lowest BCUT2D eigenvalue weighted by molar-refractivity contribution is 0.512. The monoisotopic (exact) mass is 271 g/mol. The predicted molar refractivity (Wildman–Crippen MR) is 65.3 cm³/mol. The Morgan fingerprint density at radius 3 is 2.93 bits per heavy atom. The number of hydrogen-bond donors (Lipinski definition) is 1. The second-order valence-corrected chi connectivity index (χ2v) is 4.29. The second-order valence-electron chi connectivity index (χ2n) is 3.37. The van der Waals surface area contributed by atoms with Crippen LogP contribution in [0, 0.1) is 5.82 Å². The van der Waals surface area contributed by atoms with Crippen LogP contribution in [0.25, 0.3) is 0 Å². The highest BCUT2D eigenvalue weighted by Gasteiger charge is 2.13. The van der Waals surface area contributed by atoms with Crippen molar-refractivity contribution in [3.63, 3.8) is 0 Å². The fourth-order valence-corrected chi connectivity index (χ4v) is 1.90. The van der Waals surface area contributed by atoms with Crippen LogP contribution in [0.4, 0.5) is 4.39 Å². The zero-order valence-corrected chi connectivity index (χ0v) is 10.3. The second kappa shape index (κ2) is 6.03. The Bertz CT molecular complexity index is 338. The van der Waals surface area contributed by atoms with E-state index in [0.29, 0.717) is 5.56 Å². The zero-order chi connectivity index (χ0) is 11.3. The van der Waals surface area contributed by atoms with E-state index in [0.717, 1.165) is 17.3 Å². The molecule has 1 aromatic carbocycles. The minimum absolute atomic E-state index is 0.0421. The van der Waals surface area contributed by atoms with Crippen molar-refractivity contribution in [3.05, 3.63) is 46.7 Å². The highest BCUT2D eigenvalue weighted by molar-refractivity contribution is 9.10. The van der Waals surface area contributed by atoms with Gasteiger partial charge in [-0.3, -0.25) is 0 Å². The molecule has 1 rings (SSSR count). The topological polar surface area (TPSA) is 12.0 Å². The normalized spacial score (nSPS) is 12.5. The van der Waals surface area contributed by atoms with E-state index in [-0.39, 0.29) is 11.9 Å². The van der Waals surface area contributed by atoms with E-state index in [9.17, 15) is 4.39 Å². The molecule has 0 saturated carbocycles. The van der Waals surface area contributed by atoms with Gasteiger partial charge in [0.2, 0.25) is 0 Å². The molecule has 1 aromatic rings. The summed E-state index contributed by atoms with van der Waals surface area (Å²) in [6.07, 6.45) is 3.57. The highest BCUT2D eigenvalue weighted by atomic mass is 79.9. The van der Waals surface area contributed by atoms with Crippen molar-refractivity contribution in [2.24, 2.45) is 0 Å². The Morgan fingerprint density at radius 2 is 2.33 bits per heavy atom.